The minimum Gasteiger partial charge on any atom is -0.493 e. The zero-order chi connectivity index (χ0) is 37.4. The fraction of sp³-hybridized carbons (Fsp3) is 0.368. The molecule has 0 bridgehead atoms. The number of esters is 1. The van der Waals surface area contributed by atoms with Gasteiger partial charge in [0.1, 0.15) is 18.7 Å². The number of aliphatic imine (C=N–C) groups is 1. The zero-order valence-corrected chi connectivity index (χ0v) is 29.7. The number of nitrogens with two attached hydrogens (primary N) is 1. The molecule has 0 aromatic heterocycles. The predicted molar refractivity (Wildman–Crippen MR) is 195 cm³/mol. The first-order chi connectivity index (χ1) is 25.0. The number of fused-ring (bicyclic) bond motifs is 4. The molecule has 5 N–H and O–H groups in total. The summed E-state index contributed by atoms with van der Waals surface area (Å²) >= 11 is 0. The number of para-hydroxylation sites is 1. The Balaban J connectivity index is 1.19. The van der Waals surface area contributed by atoms with Crippen molar-refractivity contribution >= 4 is 52.9 Å². The molecule has 14 heteroatoms. The number of amides is 4. The van der Waals surface area contributed by atoms with Crippen LogP contribution in [0.1, 0.15) is 66.6 Å². The van der Waals surface area contributed by atoms with Gasteiger partial charge in [-0.1, -0.05) is 24.3 Å². The lowest BCUT2D eigenvalue weighted by molar-refractivity contribution is -0.140. The van der Waals surface area contributed by atoms with Gasteiger partial charge in [-0.3, -0.25) is 33.9 Å². The molecule has 0 spiro atoms. The topological polar surface area (TPSA) is 191 Å². The van der Waals surface area contributed by atoms with E-state index in [-0.39, 0.29) is 49.8 Å². The summed E-state index contributed by atoms with van der Waals surface area (Å²) in [4.78, 5) is 69.4. The first-order valence-electron chi connectivity index (χ1n) is 17.1. The van der Waals surface area contributed by atoms with Crippen molar-refractivity contribution in [1.82, 2.24) is 10.6 Å². The number of carbonyl (C=O) groups excluding carboxylic acids is 5. The lowest BCUT2D eigenvalue weighted by Crippen LogP contribution is -2.50. The zero-order valence-electron chi connectivity index (χ0n) is 29.7. The summed E-state index contributed by atoms with van der Waals surface area (Å²) in [5, 5.41) is 8.04. The Kier molecular flexibility index (Phi) is 12.2. The Morgan fingerprint density at radius 1 is 0.923 bits per heavy atom. The van der Waals surface area contributed by atoms with Crippen LogP contribution in [0, 0.1) is 0 Å². The Hall–Kier alpha value is -5.76. The molecule has 0 saturated heterocycles. The fourth-order valence-electron chi connectivity index (χ4n) is 6.08. The molecule has 2 aliphatic rings. The molecule has 4 amide bonds. The SMILES string of the molecule is COC(=O)CCCCC(=O)N[C@@H](C)C(=O)N[C@@H](C)C(=O)Nc1cc(CN)cc(COc2cc3c(cc2OC)C(=O)N2c4ccccc4C[C@H]2C=N3)c1. The van der Waals surface area contributed by atoms with Crippen molar-refractivity contribution in [2.24, 2.45) is 10.7 Å². The van der Waals surface area contributed by atoms with Crippen LogP contribution >= 0.6 is 0 Å². The number of rotatable bonds is 15. The molecule has 0 aliphatic carbocycles. The lowest BCUT2D eigenvalue weighted by Gasteiger charge is -2.22. The van der Waals surface area contributed by atoms with Crippen molar-refractivity contribution in [3.63, 3.8) is 0 Å². The van der Waals surface area contributed by atoms with Crippen LogP contribution in [0.25, 0.3) is 0 Å². The second kappa shape index (κ2) is 17.0. The number of nitrogens with one attached hydrogen (secondary N) is 3. The van der Waals surface area contributed by atoms with Crippen LogP contribution in [0.15, 0.2) is 59.6 Å². The van der Waals surface area contributed by atoms with E-state index in [0.29, 0.717) is 53.3 Å². The normalized spacial score (nSPS) is 15.3. The Morgan fingerprint density at radius 3 is 2.40 bits per heavy atom. The van der Waals surface area contributed by atoms with Crippen LogP contribution in [0.4, 0.5) is 17.1 Å². The van der Waals surface area contributed by atoms with E-state index < -0.39 is 23.9 Å². The molecular weight excluding hydrogens is 668 g/mol. The third kappa shape index (κ3) is 8.93. The van der Waals surface area contributed by atoms with Gasteiger partial charge in [-0.2, -0.15) is 0 Å². The van der Waals surface area contributed by atoms with E-state index in [4.69, 9.17) is 15.2 Å². The molecule has 2 aliphatic heterocycles. The molecule has 0 saturated carbocycles. The van der Waals surface area contributed by atoms with Crippen LogP contribution < -0.4 is 36.1 Å². The summed E-state index contributed by atoms with van der Waals surface area (Å²) in [5.41, 5.74) is 10.7. The first-order valence-corrected chi connectivity index (χ1v) is 17.1. The second-order valence-electron chi connectivity index (χ2n) is 12.7. The molecule has 274 valence electrons. The van der Waals surface area contributed by atoms with Gasteiger partial charge in [-0.25, -0.2) is 0 Å². The standard InChI is InChI=1S/C38H44N6O8/c1-22(41-34(45)11-7-8-12-35(46)51-4)36(47)42-23(2)37(48)43-27-14-24(19-39)13-25(15-27)21-52-33-18-30-29(17-32(33)50-3)38(49)44-28(20-40-30)16-26-9-5-6-10-31(26)44/h5-6,9-10,13-15,17-18,20,22-23,28H,7-8,11-12,16,19,21,39H2,1-4H3,(H,41,45)(H,42,47)(H,43,48)/t22-,23-,28-/m0/s1. The summed E-state index contributed by atoms with van der Waals surface area (Å²) in [5.74, 6) is -1.11. The molecule has 0 radical (unpaired) electrons. The fourth-order valence-corrected chi connectivity index (χ4v) is 6.08. The maximum absolute atomic E-state index is 13.7. The summed E-state index contributed by atoms with van der Waals surface area (Å²) in [6.45, 7) is 3.33. The molecule has 3 atom stereocenters. The van der Waals surface area contributed by atoms with E-state index in [1.807, 2.05) is 30.3 Å². The van der Waals surface area contributed by atoms with Gasteiger partial charge in [0.25, 0.3) is 5.91 Å². The Bertz CT molecular complexity index is 1880. The number of unbranched alkanes of at least 4 members (excludes halogenated alkanes) is 1. The molecule has 2 heterocycles. The average Bonchev–Trinajstić information content (AvgIpc) is 3.46. The van der Waals surface area contributed by atoms with E-state index in [9.17, 15) is 24.0 Å². The largest absolute Gasteiger partial charge is 0.493 e. The molecular formula is C38H44N6O8. The van der Waals surface area contributed by atoms with Gasteiger partial charge < -0.3 is 35.9 Å². The van der Waals surface area contributed by atoms with E-state index in [2.05, 4.69) is 25.7 Å². The molecule has 3 aromatic carbocycles. The minimum atomic E-state index is -0.926. The van der Waals surface area contributed by atoms with Crippen molar-refractivity contribution in [2.75, 3.05) is 24.4 Å². The summed E-state index contributed by atoms with van der Waals surface area (Å²) in [6, 6.07) is 14.5. The van der Waals surface area contributed by atoms with E-state index >= 15 is 0 Å². The number of carbonyl (C=O) groups is 5. The number of benzene rings is 3. The van der Waals surface area contributed by atoms with Crippen LogP contribution in [0.5, 0.6) is 11.5 Å². The third-order valence-electron chi connectivity index (χ3n) is 8.86. The highest BCUT2D eigenvalue weighted by Crippen LogP contribution is 2.41. The number of hydrogen-bond donors (Lipinski definition) is 4. The first kappa shape index (κ1) is 37.5. The maximum atomic E-state index is 13.7. The quantitative estimate of drug-likeness (QED) is 0.134. The van der Waals surface area contributed by atoms with Gasteiger partial charge in [0.15, 0.2) is 11.5 Å². The van der Waals surface area contributed by atoms with Crippen molar-refractivity contribution < 1.29 is 38.2 Å². The monoisotopic (exact) mass is 712 g/mol. The highest BCUT2D eigenvalue weighted by atomic mass is 16.5. The molecule has 3 aromatic rings. The van der Waals surface area contributed by atoms with Gasteiger partial charge in [0, 0.05) is 49.5 Å². The third-order valence-corrected chi connectivity index (χ3v) is 8.86. The number of methoxy groups -OCH3 is 2. The predicted octanol–water partition coefficient (Wildman–Crippen LogP) is 3.70. The smallest absolute Gasteiger partial charge is 0.305 e. The summed E-state index contributed by atoms with van der Waals surface area (Å²) in [7, 11) is 2.81. The summed E-state index contributed by atoms with van der Waals surface area (Å²) in [6.07, 6.45) is 3.79. The van der Waals surface area contributed by atoms with Gasteiger partial charge in [-0.05, 0) is 67.6 Å². The highest BCUT2D eigenvalue weighted by Gasteiger charge is 2.36. The van der Waals surface area contributed by atoms with Crippen molar-refractivity contribution in [3.8, 4) is 11.5 Å². The Morgan fingerprint density at radius 2 is 1.65 bits per heavy atom. The van der Waals surface area contributed by atoms with Crippen molar-refractivity contribution in [1.29, 1.82) is 0 Å². The number of ether oxygens (including phenoxy) is 3. The van der Waals surface area contributed by atoms with Gasteiger partial charge >= 0.3 is 5.97 Å². The molecule has 5 rings (SSSR count). The number of anilines is 2. The summed E-state index contributed by atoms with van der Waals surface area (Å²) < 4.78 is 16.4. The van der Waals surface area contributed by atoms with Crippen molar-refractivity contribution in [2.45, 2.75) is 77.2 Å². The molecule has 0 unspecified atom stereocenters. The minimum absolute atomic E-state index is 0.0812. The van der Waals surface area contributed by atoms with E-state index in [1.54, 1.807) is 35.4 Å². The second-order valence-corrected chi connectivity index (χ2v) is 12.7. The average molecular weight is 713 g/mol. The van der Waals surface area contributed by atoms with E-state index in [0.717, 1.165) is 16.8 Å². The van der Waals surface area contributed by atoms with Crippen LogP contribution in [0.3, 0.4) is 0 Å². The number of hydrogen-bond acceptors (Lipinski definition) is 10. The van der Waals surface area contributed by atoms with Crippen LogP contribution in [-0.4, -0.2) is 68.2 Å². The molecule has 14 nitrogen and oxygen atoms in total. The lowest BCUT2D eigenvalue weighted by atomic mass is 10.1. The molecule has 52 heavy (non-hydrogen) atoms. The Labute approximate surface area is 302 Å². The van der Waals surface area contributed by atoms with E-state index in [1.165, 1.54) is 28.1 Å². The van der Waals surface area contributed by atoms with Gasteiger partial charge in [0.05, 0.1) is 31.5 Å². The number of nitrogens with zero attached hydrogens (tertiary/aromatic N) is 2. The van der Waals surface area contributed by atoms with Gasteiger partial charge in [0.2, 0.25) is 17.7 Å². The van der Waals surface area contributed by atoms with Crippen LogP contribution in [-0.2, 0) is 43.5 Å². The molecule has 0 fully saturated rings. The maximum Gasteiger partial charge on any atom is 0.305 e. The highest BCUT2D eigenvalue weighted by molar-refractivity contribution is 6.14. The van der Waals surface area contributed by atoms with Gasteiger partial charge in [-0.15, -0.1) is 0 Å². The van der Waals surface area contributed by atoms with Crippen molar-refractivity contribution in [3.05, 3.63) is 76.9 Å². The van der Waals surface area contributed by atoms with Crippen LogP contribution in [0.2, 0.25) is 0 Å².